The molecule has 2 amide bonds. The molecule has 2 aliphatic rings. The van der Waals surface area contributed by atoms with Gasteiger partial charge in [0.2, 0.25) is 5.91 Å². The van der Waals surface area contributed by atoms with Crippen molar-refractivity contribution in [3.05, 3.63) is 29.8 Å². The van der Waals surface area contributed by atoms with Gasteiger partial charge in [-0.3, -0.25) is 14.4 Å². The fourth-order valence-electron chi connectivity index (χ4n) is 3.50. The van der Waals surface area contributed by atoms with Crippen LogP contribution in [0.4, 0.5) is 5.69 Å². The van der Waals surface area contributed by atoms with E-state index in [0.717, 1.165) is 31.5 Å². The molecule has 6 nitrogen and oxygen atoms in total. The number of benzene rings is 1. The minimum atomic E-state index is -0.237. The molecule has 2 fully saturated rings. The Balaban J connectivity index is 1.66. The molecule has 1 atom stereocenters. The second-order valence-electron chi connectivity index (χ2n) is 6.54. The lowest BCUT2D eigenvalue weighted by atomic mass is 9.97. The Morgan fingerprint density at radius 2 is 1.92 bits per heavy atom. The molecule has 0 aliphatic carbocycles. The van der Waals surface area contributed by atoms with E-state index in [0.29, 0.717) is 31.7 Å². The molecule has 0 unspecified atom stereocenters. The number of anilines is 1. The van der Waals surface area contributed by atoms with Gasteiger partial charge in [0.1, 0.15) is 0 Å². The molecule has 0 bridgehead atoms. The van der Waals surface area contributed by atoms with Crippen LogP contribution in [0.3, 0.4) is 0 Å². The van der Waals surface area contributed by atoms with Gasteiger partial charge in [0.25, 0.3) is 5.91 Å². The Labute approximate surface area is 147 Å². The number of amides is 2. The fourth-order valence-corrected chi connectivity index (χ4v) is 3.50. The Bertz CT molecular complexity index is 656. The van der Waals surface area contributed by atoms with Crippen LogP contribution in [0.2, 0.25) is 0 Å². The molecule has 3 rings (SSSR count). The second kappa shape index (κ2) is 7.68. The number of piperidine rings is 1. The van der Waals surface area contributed by atoms with Gasteiger partial charge in [-0.1, -0.05) is 0 Å². The molecule has 0 N–H and O–H groups in total. The first kappa shape index (κ1) is 17.5. The lowest BCUT2D eigenvalue weighted by Crippen LogP contribution is -2.42. The Hall–Kier alpha value is -2.37. The van der Waals surface area contributed by atoms with Crippen molar-refractivity contribution in [1.29, 1.82) is 0 Å². The zero-order valence-corrected chi connectivity index (χ0v) is 14.6. The molecule has 0 radical (unpaired) electrons. The van der Waals surface area contributed by atoms with E-state index in [1.807, 2.05) is 12.1 Å². The first-order valence-electron chi connectivity index (χ1n) is 8.96. The van der Waals surface area contributed by atoms with E-state index >= 15 is 0 Å². The van der Waals surface area contributed by atoms with Crippen molar-refractivity contribution in [3.63, 3.8) is 0 Å². The van der Waals surface area contributed by atoms with Crippen molar-refractivity contribution >= 4 is 23.5 Å². The van der Waals surface area contributed by atoms with E-state index in [1.54, 1.807) is 28.9 Å². The Kier molecular flexibility index (Phi) is 5.36. The normalized spacial score (nSPS) is 20.7. The minimum Gasteiger partial charge on any atom is -0.466 e. The first-order chi connectivity index (χ1) is 12.1. The zero-order valence-electron chi connectivity index (χ0n) is 14.6. The van der Waals surface area contributed by atoms with Crippen LogP contribution < -0.4 is 4.90 Å². The average Bonchev–Trinajstić information content (AvgIpc) is 3.07. The molecule has 2 aliphatic heterocycles. The number of hydrogen-bond acceptors (Lipinski definition) is 4. The number of carbonyl (C=O) groups is 3. The van der Waals surface area contributed by atoms with Crippen LogP contribution in [-0.4, -0.2) is 48.9 Å². The number of hydrogen-bond donors (Lipinski definition) is 0. The van der Waals surface area contributed by atoms with E-state index in [2.05, 4.69) is 0 Å². The fraction of sp³-hybridized carbons (Fsp3) is 0.526. The summed E-state index contributed by atoms with van der Waals surface area (Å²) in [5, 5.41) is 0. The summed E-state index contributed by atoms with van der Waals surface area (Å²) in [7, 11) is 0. The minimum absolute atomic E-state index is 0.0757. The number of likely N-dealkylation sites (tertiary alicyclic amines) is 1. The van der Waals surface area contributed by atoms with E-state index in [-0.39, 0.29) is 23.7 Å². The number of ether oxygens (including phenoxy) is 1. The predicted molar refractivity (Wildman–Crippen MR) is 93.3 cm³/mol. The highest BCUT2D eigenvalue weighted by molar-refractivity contribution is 5.97. The third-order valence-electron chi connectivity index (χ3n) is 4.83. The van der Waals surface area contributed by atoms with Gasteiger partial charge in [0, 0.05) is 37.3 Å². The lowest BCUT2D eigenvalue weighted by molar-refractivity contribution is -0.149. The summed E-state index contributed by atoms with van der Waals surface area (Å²) < 4.78 is 5.08. The SMILES string of the molecule is CCOC(=O)[C@@H]1CCCN(C(=O)c2ccc(N3CCCC3=O)cc2)C1. The Morgan fingerprint density at radius 3 is 2.56 bits per heavy atom. The molecular weight excluding hydrogens is 320 g/mol. The molecule has 25 heavy (non-hydrogen) atoms. The van der Waals surface area contributed by atoms with Crippen LogP contribution in [0, 0.1) is 5.92 Å². The molecule has 6 heteroatoms. The summed E-state index contributed by atoms with van der Waals surface area (Å²) in [5.41, 5.74) is 1.42. The average molecular weight is 344 g/mol. The smallest absolute Gasteiger partial charge is 0.310 e. The summed E-state index contributed by atoms with van der Waals surface area (Å²) >= 11 is 0. The largest absolute Gasteiger partial charge is 0.466 e. The van der Waals surface area contributed by atoms with Gasteiger partial charge >= 0.3 is 5.97 Å². The maximum atomic E-state index is 12.7. The lowest BCUT2D eigenvalue weighted by Gasteiger charge is -2.31. The predicted octanol–water partition coefficient (Wildman–Crippen LogP) is 2.23. The van der Waals surface area contributed by atoms with Gasteiger partial charge in [0.15, 0.2) is 0 Å². The van der Waals surface area contributed by atoms with Crippen LogP contribution in [-0.2, 0) is 14.3 Å². The third-order valence-corrected chi connectivity index (χ3v) is 4.83. The van der Waals surface area contributed by atoms with E-state index in [4.69, 9.17) is 4.74 Å². The number of nitrogens with zero attached hydrogens (tertiary/aromatic N) is 2. The van der Waals surface area contributed by atoms with Crippen molar-refractivity contribution in [2.45, 2.75) is 32.6 Å². The van der Waals surface area contributed by atoms with Gasteiger partial charge < -0.3 is 14.5 Å². The summed E-state index contributed by atoms with van der Waals surface area (Å²) in [6.45, 7) is 3.95. The van der Waals surface area contributed by atoms with Crippen molar-refractivity contribution < 1.29 is 19.1 Å². The maximum Gasteiger partial charge on any atom is 0.310 e. The number of carbonyl (C=O) groups excluding carboxylic acids is 3. The summed E-state index contributed by atoms with van der Waals surface area (Å²) in [4.78, 5) is 39.9. The van der Waals surface area contributed by atoms with E-state index in [1.165, 1.54) is 0 Å². The van der Waals surface area contributed by atoms with Crippen molar-refractivity contribution in [1.82, 2.24) is 4.90 Å². The highest BCUT2D eigenvalue weighted by atomic mass is 16.5. The van der Waals surface area contributed by atoms with Gasteiger partial charge in [-0.2, -0.15) is 0 Å². The zero-order chi connectivity index (χ0) is 17.8. The van der Waals surface area contributed by atoms with Gasteiger partial charge in [-0.25, -0.2) is 0 Å². The van der Waals surface area contributed by atoms with Crippen LogP contribution in [0.1, 0.15) is 43.0 Å². The molecule has 0 saturated carbocycles. The van der Waals surface area contributed by atoms with Crippen LogP contribution in [0.15, 0.2) is 24.3 Å². The van der Waals surface area contributed by atoms with Gasteiger partial charge in [0.05, 0.1) is 12.5 Å². The molecule has 1 aromatic carbocycles. The van der Waals surface area contributed by atoms with Crippen molar-refractivity contribution in [2.24, 2.45) is 5.92 Å². The Morgan fingerprint density at radius 1 is 1.16 bits per heavy atom. The molecule has 0 spiro atoms. The highest BCUT2D eigenvalue weighted by Crippen LogP contribution is 2.24. The standard InChI is InChI=1S/C19H24N2O4/c1-2-25-19(24)15-5-3-11-20(13-15)18(23)14-7-9-16(10-8-14)21-12-4-6-17(21)22/h7-10,15H,2-6,11-13H2,1H3/t15-/m1/s1. The van der Waals surface area contributed by atoms with Crippen molar-refractivity contribution in [3.8, 4) is 0 Å². The summed E-state index contributed by atoms with van der Waals surface area (Å²) in [6.07, 6.45) is 3.03. The third kappa shape index (κ3) is 3.83. The van der Waals surface area contributed by atoms with Crippen LogP contribution in [0.25, 0.3) is 0 Å². The van der Waals surface area contributed by atoms with Crippen LogP contribution >= 0.6 is 0 Å². The van der Waals surface area contributed by atoms with Crippen LogP contribution in [0.5, 0.6) is 0 Å². The first-order valence-corrected chi connectivity index (χ1v) is 8.96. The molecule has 134 valence electrons. The molecule has 1 aromatic rings. The van der Waals surface area contributed by atoms with Crippen molar-refractivity contribution in [2.75, 3.05) is 31.1 Å². The molecular formula is C19H24N2O4. The van der Waals surface area contributed by atoms with E-state index in [9.17, 15) is 14.4 Å². The molecule has 2 heterocycles. The van der Waals surface area contributed by atoms with E-state index < -0.39 is 0 Å². The summed E-state index contributed by atoms with van der Waals surface area (Å²) in [6, 6.07) is 7.17. The highest BCUT2D eigenvalue weighted by Gasteiger charge is 2.30. The topological polar surface area (TPSA) is 66.9 Å². The molecule has 0 aromatic heterocycles. The van der Waals surface area contributed by atoms with Gasteiger partial charge in [-0.15, -0.1) is 0 Å². The molecule has 2 saturated heterocycles. The number of esters is 1. The van der Waals surface area contributed by atoms with Gasteiger partial charge in [-0.05, 0) is 50.5 Å². The monoisotopic (exact) mass is 344 g/mol. The number of rotatable bonds is 4. The second-order valence-corrected chi connectivity index (χ2v) is 6.54. The maximum absolute atomic E-state index is 12.7. The summed E-state index contributed by atoms with van der Waals surface area (Å²) in [5.74, 6) is -0.400. The quantitative estimate of drug-likeness (QED) is 0.786.